The molecule has 70 heavy (non-hydrogen) atoms. The summed E-state index contributed by atoms with van der Waals surface area (Å²) in [6, 6.07) is 43.6. The van der Waals surface area contributed by atoms with Gasteiger partial charge in [0.15, 0.2) is 23.3 Å². The number of pyridine rings is 4. The lowest BCUT2D eigenvalue weighted by Gasteiger charge is -2.23. The summed E-state index contributed by atoms with van der Waals surface area (Å²) in [6.07, 6.45) is 12.4. The zero-order chi connectivity index (χ0) is 47.4. The minimum absolute atomic E-state index is 0.163. The van der Waals surface area contributed by atoms with Gasteiger partial charge in [-0.05, 0) is 119 Å². The second-order valence-corrected chi connectivity index (χ2v) is 18.9. The van der Waals surface area contributed by atoms with Crippen LogP contribution in [0.15, 0.2) is 158 Å². The Hall–Kier alpha value is -8.26. The SMILES string of the molecule is CN1c2cccnc2N2c3ccc(F)cc3CC12.CN1c2cccnc2N2c3ccccc3CC12.CN1c2ncccc2N2c3ccc(F)cc3CC12.CN1c2ncccc2N2c3ccccc3CC12. The zero-order valence-electron chi connectivity index (χ0n) is 39.3. The van der Waals surface area contributed by atoms with E-state index >= 15 is 0 Å². The van der Waals surface area contributed by atoms with Crippen LogP contribution in [0.2, 0.25) is 0 Å². The molecule has 8 aliphatic heterocycles. The Bertz CT molecular complexity index is 3130. The molecule has 4 aromatic carbocycles. The van der Waals surface area contributed by atoms with Crippen LogP contribution in [0.4, 0.5) is 77.6 Å². The summed E-state index contributed by atoms with van der Waals surface area (Å²) < 4.78 is 26.6. The van der Waals surface area contributed by atoms with Crippen molar-refractivity contribution in [3.8, 4) is 0 Å². The number of aromatic nitrogens is 4. The molecule has 0 saturated carbocycles. The molecule has 8 aromatic rings. The lowest BCUT2D eigenvalue weighted by Crippen LogP contribution is -2.36. The molecule has 0 aliphatic carbocycles. The lowest BCUT2D eigenvalue weighted by atomic mass is 10.1. The fourth-order valence-corrected chi connectivity index (χ4v) is 11.9. The van der Waals surface area contributed by atoms with Gasteiger partial charge in [-0.3, -0.25) is 0 Å². The van der Waals surface area contributed by atoms with Crippen molar-refractivity contribution in [2.45, 2.75) is 50.3 Å². The van der Waals surface area contributed by atoms with Crippen LogP contribution in [-0.2, 0) is 25.7 Å². The van der Waals surface area contributed by atoms with E-state index in [1.807, 2.05) is 62.0 Å². The molecule has 12 nitrogen and oxygen atoms in total. The van der Waals surface area contributed by atoms with Crippen LogP contribution in [0.5, 0.6) is 0 Å². The van der Waals surface area contributed by atoms with Gasteiger partial charge in [0.25, 0.3) is 0 Å². The monoisotopic (exact) mass is 928 g/mol. The Morgan fingerprint density at radius 3 is 1.11 bits per heavy atom. The quantitative estimate of drug-likeness (QED) is 0.145. The number of para-hydroxylation sites is 2. The van der Waals surface area contributed by atoms with E-state index in [1.54, 1.807) is 18.3 Å². The Kier molecular flexibility index (Phi) is 9.68. The number of fused-ring (bicyclic) bond motifs is 20. The van der Waals surface area contributed by atoms with E-state index in [0.717, 1.165) is 82.8 Å². The maximum Gasteiger partial charge on any atom is 0.158 e. The van der Waals surface area contributed by atoms with E-state index in [4.69, 9.17) is 0 Å². The van der Waals surface area contributed by atoms with Crippen LogP contribution in [-0.4, -0.2) is 72.8 Å². The third kappa shape index (κ3) is 6.38. The largest absolute Gasteiger partial charge is 0.351 e. The average molecular weight is 929 g/mol. The second-order valence-electron chi connectivity index (χ2n) is 18.9. The van der Waals surface area contributed by atoms with Crippen LogP contribution in [0.3, 0.4) is 0 Å². The predicted octanol–water partition coefficient (Wildman–Crippen LogP) is 10.5. The van der Waals surface area contributed by atoms with Gasteiger partial charge in [-0.15, -0.1) is 0 Å². The van der Waals surface area contributed by atoms with Crippen molar-refractivity contribution in [3.05, 3.63) is 192 Å². The normalized spacial score (nSPS) is 20.0. The molecular weight excluding hydrogens is 879 g/mol. The first-order valence-electron chi connectivity index (χ1n) is 23.8. The average Bonchev–Trinajstić information content (AvgIpc) is 4.28. The molecule has 0 N–H and O–H groups in total. The minimum atomic E-state index is -0.168. The standard InChI is InChI=1S/2C14H12FN3.2C14H13N3/c1-17-13-8-9-7-10(15)4-5-11(9)18(13)12-3-2-6-16-14(12)17;1-17-12-3-2-6-16-14(12)18-11-5-4-10(15)7-9(11)8-13(17)18;1-16-13-9-10-5-2-3-6-11(10)17(13)12-7-4-8-15-14(12)16;1-16-12-7-4-8-15-14(12)17-11-6-3-2-5-10(11)9-13(16)17/h2*2-7,13H,8H2,1H3;2*2-8,13H,9H2,1H3. The van der Waals surface area contributed by atoms with Gasteiger partial charge < -0.3 is 39.2 Å². The molecular formula is C56H50F2N12. The minimum Gasteiger partial charge on any atom is -0.351 e. The second kappa shape index (κ2) is 16.2. The fraction of sp³-hybridized carbons (Fsp3) is 0.214. The van der Waals surface area contributed by atoms with Gasteiger partial charge in [0.2, 0.25) is 0 Å². The number of hydrogen-bond donors (Lipinski definition) is 0. The van der Waals surface area contributed by atoms with Crippen LogP contribution < -0.4 is 39.2 Å². The molecule has 0 radical (unpaired) electrons. The van der Waals surface area contributed by atoms with Gasteiger partial charge in [0.1, 0.15) is 36.3 Å². The smallest absolute Gasteiger partial charge is 0.158 e. The van der Waals surface area contributed by atoms with Gasteiger partial charge in [0.05, 0.1) is 22.7 Å². The Morgan fingerprint density at radius 2 is 0.657 bits per heavy atom. The van der Waals surface area contributed by atoms with Crippen molar-refractivity contribution in [1.29, 1.82) is 0 Å². The summed E-state index contributed by atoms with van der Waals surface area (Å²) in [7, 11) is 8.38. The molecule has 0 bridgehead atoms. The summed E-state index contributed by atoms with van der Waals surface area (Å²) in [6.45, 7) is 0. The number of hydrogen-bond acceptors (Lipinski definition) is 12. The van der Waals surface area contributed by atoms with Crippen molar-refractivity contribution in [1.82, 2.24) is 19.9 Å². The number of halogens is 2. The Labute approximate surface area is 405 Å². The summed E-state index contributed by atoms with van der Waals surface area (Å²) in [5.41, 5.74) is 14.5. The van der Waals surface area contributed by atoms with Gasteiger partial charge in [-0.1, -0.05) is 36.4 Å². The lowest BCUT2D eigenvalue weighted by molar-refractivity contribution is 0.625. The summed E-state index contributed by atoms with van der Waals surface area (Å²) in [5.74, 6) is 3.81. The first-order chi connectivity index (χ1) is 34.2. The molecule has 4 unspecified atom stereocenters. The highest BCUT2D eigenvalue weighted by Crippen LogP contribution is 2.51. The van der Waals surface area contributed by atoms with Crippen LogP contribution in [0, 0.1) is 11.6 Å². The molecule has 16 rings (SSSR count). The predicted molar refractivity (Wildman–Crippen MR) is 275 cm³/mol. The fourth-order valence-electron chi connectivity index (χ4n) is 11.9. The van der Waals surface area contributed by atoms with E-state index in [0.29, 0.717) is 12.3 Å². The number of rotatable bonds is 0. The van der Waals surface area contributed by atoms with Crippen LogP contribution in [0.1, 0.15) is 22.3 Å². The molecule has 14 heteroatoms. The molecule has 348 valence electrons. The maximum absolute atomic E-state index is 13.3. The van der Waals surface area contributed by atoms with Gasteiger partial charge in [-0.25, -0.2) is 28.7 Å². The molecule has 4 atom stereocenters. The van der Waals surface area contributed by atoms with Crippen molar-refractivity contribution in [2.75, 3.05) is 67.4 Å². The van der Waals surface area contributed by atoms with Crippen LogP contribution in [0.25, 0.3) is 0 Å². The third-order valence-corrected chi connectivity index (χ3v) is 15.2. The Morgan fingerprint density at radius 1 is 0.329 bits per heavy atom. The highest BCUT2D eigenvalue weighted by Gasteiger charge is 2.44. The van der Waals surface area contributed by atoms with E-state index < -0.39 is 0 Å². The molecule has 4 aromatic heterocycles. The number of anilines is 12. The molecule has 0 fully saturated rings. The van der Waals surface area contributed by atoms with Crippen molar-refractivity contribution in [2.24, 2.45) is 0 Å². The van der Waals surface area contributed by atoms with Crippen molar-refractivity contribution >= 4 is 68.8 Å². The van der Waals surface area contributed by atoms with Crippen molar-refractivity contribution < 1.29 is 8.78 Å². The van der Waals surface area contributed by atoms with E-state index in [9.17, 15) is 8.78 Å². The number of benzene rings is 4. The first-order valence-corrected chi connectivity index (χ1v) is 23.8. The molecule has 0 spiro atoms. The number of nitrogens with zero attached hydrogens (tertiary/aromatic N) is 12. The third-order valence-electron chi connectivity index (χ3n) is 15.2. The van der Waals surface area contributed by atoms with E-state index in [2.05, 4.69) is 153 Å². The van der Waals surface area contributed by atoms with E-state index in [1.165, 1.54) is 46.0 Å². The maximum atomic E-state index is 13.3. The molecule has 12 heterocycles. The van der Waals surface area contributed by atoms with Gasteiger partial charge in [-0.2, -0.15) is 0 Å². The highest BCUT2D eigenvalue weighted by molar-refractivity contribution is 5.87. The summed E-state index contributed by atoms with van der Waals surface area (Å²) >= 11 is 0. The zero-order valence-corrected chi connectivity index (χ0v) is 39.3. The number of likely N-dealkylation sites (N-methyl/N-ethyl adjacent to an activating group) is 4. The van der Waals surface area contributed by atoms with Gasteiger partial charge in [0, 0.05) is 101 Å². The summed E-state index contributed by atoms with van der Waals surface area (Å²) in [4.78, 5) is 36.1. The highest BCUT2D eigenvalue weighted by atomic mass is 19.1. The molecule has 8 aliphatic rings. The summed E-state index contributed by atoms with van der Waals surface area (Å²) in [5, 5.41) is 0. The molecule has 0 saturated heterocycles. The topological polar surface area (TPSA) is 77.5 Å². The van der Waals surface area contributed by atoms with Crippen molar-refractivity contribution in [3.63, 3.8) is 0 Å². The van der Waals surface area contributed by atoms with Gasteiger partial charge >= 0.3 is 0 Å². The van der Waals surface area contributed by atoms with E-state index in [-0.39, 0.29) is 24.0 Å². The first kappa shape index (κ1) is 41.9. The van der Waals surface area contributed by atoms with Crippen LogP contribution >= 0.6 is 0 Å². The molecule has 0 amide bonds. The Balaban J connectivity index is 0.0000000915.